The second-order valence-corrected chi connectivity index (χ2v) is 6.48. The van der Waals surface area contributed by atoms with Crippen molar-refractivity contribution in [2.24, 2.45) is 0 Å². The summed E-state index contributed by atoms with van der Waals surface area (Å²) >= 11 is 3.14. The van der Waals surface area contributed by atoms with Gasteiger partial charge in [0.2, 0.25) is 5.88 Å². The van der Waals surface area contributed by atoms with E-state index in [1.165, 1.54) is 24.4 Å². The number of rotatable bonds is 4. The number of benzene rings is 1. The molecule has 0 bridgehead atoms. The number of aromatic nitrogens is 1. The van der Waals surface area contributed by atoms with Crippen LogP contribution >= 0.6 is 15.9 Å². The predicted octanol–water partition coefficient (Wildman–Crippen LogP) is 2.73. The molecular formula is C13H10BrNO4S. The molecule has 2 aromatic rings. The van der Waals surface area contributed by atoms with Crippen LogP contribution in [0.4, 0.5) is 0 Å². The van der Waals surface area contributed by atoms with Gasteiger partial charge in [0.15, 0.2) is 6.29 Å². The van der Waals surface area contributed by atoms with Crippen LogP contribution in [0.25, 0.3) is 0 Å². The Morgan fingerprint density at radius 1 is 1.25 bits per heavy atom. The van der Waals surface area contributed by atoms with Crippen molar-refractivity contribution in [3.05, 3.63) is 52.1 Å². The smallest absolute Gasteiger partial charge is 0.340 e. The van der Waals surface area contributed by atoms with Gasteiger partial charge in [0.05, 0.1) is 5.56 Å². The minimum Gasteiger partial charge on any atom is -0.357 e. The molecule has 1 aromatic carbocycles. The Kier molecular flexibility index (Phi) is 4.20. The van der Waals surface area contributed by atoms with Gasteiger partial charge in [-0.15, -0.1) is 0 Å². The fraction of sp³-hybridized carbons (Fsp3) is 0.0769. The average Bonchev–Trinajstić information content (AvgIpc) is 2.41. The SMILES string of the molecule is Cc1ccc(S(=O)(=O)Oc2ncc(Br)cc2C=O)cc1. The summed E-state index contributed by atoms with van der Waals surface area (Å²) in [6.07, 6.45) is 1.84. The molecule has 104 valence electrons. The summed E-state index contributed by atoms with van der Waals surface area (Å²) in [5.41, 5.74) is 0.981. The molecule has 0 saturated carbocycles. The van der Waals surface area contributed by atoms with E-state index >= 15 is 0 Å². The fourth-order valence-corrected chi connectivity index (χ4v) is 2.72. The number of hydrogen-bond donors (Lipinski definition) is 0. The maximum Gasteiger partial charge on any atom is 0.340 e. The Bertz CT molecular complexity index is 741. The van der Waals surface area contributed by atoms with Crippen molar-refractivity contribution in [3.8, 4) is 5.88 Å². The Morgan fingerprint density at radius 3 is 2.50 bits per heavy atom. The van der Waals surface area contributed by atoms with Crippen molar-refractivity contribution in [1.29, 1.82) is 0 Å². The van der Waals surface area contributed by atoms with Crippen LogP contribution in [-0.2, 0) is 10.1 Å². The van der Waals surface area contributed by atoms with Crippen LogP contribution in [0.3, 0.4) is 0 Å². The van der Waals surface area contributed by atoms with Crippen LogP contribution in [-0.4, -0.2) is 19.7 Å². The van der Waals surface area contributed by atoms with E-state index in [-0.39, 0.29) is 16.3 Å². The molecule has 7 heteroatoms. The van der Waals surface area contributed by atoms with Crippen molar-refractivity contribution >= 4 is 32.3 Å². The summed E-state index contributed by atoms with van der Waals surface area (Å²) < 4.78 is 29.6. The Morgan fingerprint density at radius 2 is 1.90 bits per heavy atom. The molecule has 0 N–H and O–H groups in total. The molecular weight excluding hydrogens is 346 g/mol. The molecule has 0 unspecified atom stereocenters. The number of carbonyl (C=O) groups excluding carboxylic acids is 1. The number of hydrogen-bond acceptors (Lipinski definition) is 5. The van der Waals surface area contributed by atoms with E-state index in [4.69, 9.17) is 4.18 Å². The van der Waals surface area contributed by atoms with Crippen LogP contribution in [0.2, 0.25) is 0 Å². The molecule has 5 nitrogen and oxygen atoms in total. The topological polar surface area (TPSA) is 73.3 Å². The van der Waals surface area contributed by atoms with E-state index < -0.39 is 10.1 Å². The van der Waals surface area contributed by atoms with E-state index in [1.54, 1.807) is 12.1 Å². The standard InChI is InChI=1S/C13H10BrNO4S/c1-9-2-4-12(5-3-9)20(17,18)19-13-10(8-16)6-11(14)7-15-13/h2-8H,1H3. The summed E-state index contributed by atoms with van der Waals surface area (Å²) in [5.74, 6) is -0.247. The first-order chi connectivity index (χ1) is 9.42. The maximum atomic E-state index is 12.1. The van der Waals surface area contributed by atoms with E-state index in [2.05, 4.69) is 20.9 Å². The van der Waals surface area contributed by atoms with Gasteiger partial charge in [-0.2, -0.15) is 8.42 Å². The van der Waals surface area contributed by atoms with Gasteiger partial charge in [0, 0.05) is 10.7 Å². The first-order valence-electron chi connectivity index (χ1n) is 5.54. The van der Waals surface area contributed by atoms with Gasteiger partial charge >= 0.3 is 10.1 Å². The molecule has 0 spiro atoms. The highest BCUT2D eigenvalue weighted by Gasteiger charge is 2.19. The molecule has 20 heavy (non-hydrogen) atoms. The third-order valence-electron chi connectivity index (χ3n) is 2.47. The third-order valence-corrected chi connectivity index (χ3v) is 4.13. The van der Waals surface area contributed by atoms with Gasteiger partial charge in [-0.1, -0.05) is 17.7 Å². The number of halogens is 1. The number of nitrogens with zero attached hydrogens (tertiary/aromatic N) is 1. The van der Waals surface area contributed by atoms with Crippen molar-refractivity contribution in [2.45, 2.75) is 11.8 Å². The summed E-state index contributed by atoms with van der Waals surface area (Å²) in [4.78, 5) is 14.7. The zero-order chi connectivity index (χ0) is 14.8. The number of aryl methyl sites for hydroxylation is 1. The fourth-order valence-electron chi connectivity index (χ4n) is 1.45. The molecule has 0 saturated heterocycles. The second-order valence-electron chi connectivity index (χ2n) is 4.02. The van der Waals surface area contributed by atoms with Crippen molar-refractivity contribution < 1.29 is 17.4 Å². The largest absolute Gasteiger partial charge is 0.357 e. The molecule has 0 aliphatic heterocycles. The molecule has 0 fully saturated rings. The van der Waals surface area contributed by atoms with E-state index in [0.717, 1.165) is 5.56 Å². The first kappa shape index (κ1) is 14.7. The minimum absolute atomic E-state index is 0.00432. The highest BCUT2D eigenvalue weighted by Crippen LogP contribution is 2.22. The zero-order valence-corrected chi connectivity index (χ0v) is 12.8. The van der Waals surface area contributed by atoms with Crippen LogP contribution in [0.15, 0.2) is 45.9 Å². The number of pyridine rings is 1. The lowest BCUT2D eigenvalue weighted by Crippen LogP contribution is -2.12. The predicted molar refractivity (Wildman–Crippen MR) is 76.3 cm³/mol. The van der Waals surface area contributed by atoms with Gasteiger partial charge in [-0.3, -0.25) is 4.79 Å². The van der Waals surface area contributed by atoms with Crippen molar-refractivity contribution in [2.75, 3.05) is 0 Å². The average molecular weight is 356 g/mol. The summed E-state index contributed by atoms with van der Waals surface area (Å²) in [6, 6.07) is 7.62. The molecule has 0 radical (unpaired) electrons. The monoisotopic (exact) mass is 355 g/mol. The number of carbonyl (C=O) groups is 1. The van der Waals surface area contributed by atoms with Gasteiger partial charge in [-0.25, -0.2) is 4.98 Å². The minimum atomic E-state index is -4.01. The lowest BCUT2D eigenvalue weighted by Gasteiger charge is -2.08. The first-order valence-corrected chi connectivity index (χ1v) is 7.74. The maximum absolute atomic E-state index is 12.1. The van der Waals surface area contributed by atoms with E-state index in [1.807, 2.05) is 6.92 Å². The van der Waals surface area contributed by atoms with E-state index in [9.17, 15) is 13.2 Å². The zero-order valence-electron chi connectivity index (χ0n) is 10.4. The summed E-state index contributed by atoms with van der Waals surface area (Å²) in [5, 5.41) is 0. The lowest BCUT2D eigenvalue weighted by atomic mass is 10.2. The van der Waals surface area contributed by atoms with Crippen LogP contribution in [0, 0.1) is 6.92 Å². The third kappa shape index (κ3) is 3.23. The summed E-state index contributed by atoms with van der Waals surface area (Å²) in [6.45, 7) is 1.85. The Balaban J connectivity index is 2.38. The molecule has 1 heterocycles. The lowest BCUT2D eigenvalue weighted by molar-refractivity contribution is 0.112. The van der Waals surface area contributed by atoms with Crippen LogP contribution in [0.5, 0.6) is 5.88 Å². The second kappa shape index (κ2) is 5.72. The molecule has 1 aromatic heterocycles. The van der Waals surface area contributed by atoms with Gasteiger partial charge in [0.25, 0.3) is 0 Å². The highest BCUT2D eigenvalue weighted by molar-refractivity contribution is 9.10. The van der Waals surface area contributed by atoms with Crippen molar-refractivity contribution in [3.63, 3.8) is 0 Å². The van der Waals surface area contributed by atoms with Gasteiger partial charge < -0.3 is 4.18 Å². The van der Waals surface area contributed by atoms with Gasteiger partial charge in [-0.05, 0) is 41.1 Å². The Hall–Kier alpha value is -1.73. The van der Waals surface area contributed by atoms with Crippen LogP contribution in [0.1, 0.15) is 15.9 Å². The molecule has 0 amide bonds. The molecule has 2 rings (SSSR count). The molecule has 0 aliphatic carbocycles. The van der Waals surface area contributed by atoms with Gasteiger partial charge in [0.1, 0.15) is 4.90 Å². The quantitative estimate of drug-likeness (QED) is 0.622. The highest BCUT2D eigenvalue weighted by atomic mass is 79.9. The molecule has 0 aliphatic rings. The van der Waals surface area contributed by atoms with Crippen LogP contribution < -0.4 is 4.18 Å². The molecule has 0 atom stereocenters. The Labute approximate surface area is 124 Å². The number of aldehydes is 1. The van der Waals surface area contributed by atoms with E-state index in [0.29, 0.717) is 10.8 Å². The normalized spacial score (nSPS) is 11.1. The summed E-state index contributed by atoms with van der Waals surface area (Å²) in [7, 11) is -4.01. The van der Waals surface area contributed by atoms with Crippen molar-refractivity contribution in [1.82, 2.24) is 4.98 Å².